The lowest BCUT2D eigenvalue weighted by molar-refractivity contribution is 1.50. The third kappa shape index (κ3) is 11.4. The van der Waals surface area contributed by atoms with Crippen molar-refractivity contribution in [2.24, 2.45) is 0 Å². The van der Waals surface area contributed by atoms with Crippen molar-refractivity contribution >= 4 is 11.8 Å². The maximum absolute atomic E-state index is 3.57. The van der Waals surface area contributed by atoms with E-state index in [1.165, 1.54) is 4.91 Å². The van der Waals surface area contributed by atoms with Gasteiger partial charge in [-0.25, -0.2) is 0 Å². The molecule has 0 atom stereocenters. The van der Waals surface area contributed by atoms with Crippen LogP contribution < -0.4 is 0 Å². The van der Waals surface area contributed by atoms with Crippen LogP contribution in [-0.2, 0) is 0 Å². The molecule has 0 spiro atoms. The van der Waals surface area contributed by atoms with Gasteiger partial charge in [-0.05, 0) is 24.2 Å². The fourth-order valence-corrected chi connectivity index (χ4v) is 0.598. The van der Waals surface area contributed by atoms with Crippen LogP contribution in [0.3, 0.4) is 0 Å². The largest absolute Gasteiger partial charge is 0.104 e. The molecule has 0 heterocycles. The van der Waals surface area contributed by atoms with Crippen molar-refractivity contribution in [1.29, 1.82) is 0 Å². The predicted octanol–water partition coefficient (Wildman–Crippen LogP) is 3.81. The Kier molecular flexibility index (Phi) is 13.9. The highest BCUT2D eigenvalue weighted by molar-refractivity contribution is 8.05. The Hall–Kier alpha value is -0.170. The molecule has 0 aromatic heterocycles. The van der Waals surface area contributed by atoms with E-state index in [4.69, 9.17) is 0 Å². The summed E-state index contributed by atoms with van der Waals surface area (Å²) in [6.45, 7) is 11.7. The van der Waals surface area contributed by atoms with E-state index in [-0.39, 0.29) is 0 Å². The lowest BCUT2D eigenvalue weighted by Crippen LogP contribution is -1.55. The maximum atomic E-state index is 3.57. The van der Waals surface area contributed by atoms with Crippen LogP contribution in [-0.4, -0.2) is 0 Å². The van der Waals surface area contributed by atoms with Crippen molar-refractivity contribution < 1.29 is 0 Å². The summed E-state index contributed by atoms with van der Waals surface area (Å²) >= 11 is 1.66. The van der Waals surface area contributed by atoms with E-state index in [0.29, 0.717) is 0 Å². The quantitative estimate of drug-likeness (QED) is 0.568. The maximum Gasteiger partial charge on any atom is -0.0182 e. The van der Waals surface area contributed by atoms with Crippen LogP contribution in [0.15, 0.2) is 23.0 Å². The zero-order valence-electron chi connectivity index (χ0n) is 6.77. The molecule has 0 bridgehead atoms. The second-order valence-corrected chi connectivity index (χ2v) is 2.40. The zero-order valence-corrected chi connectivity index (χ0v) is 7.59. The highest BCUT2D eigenvalue weighted by Gasteiger charge is 1.76. The fraction of sp³-hybridized carbons (Fsp3) is 0.500. The molecule has 0 aromatic rings. The summed E-state index contributed by atoms with van der Waals surface area (Å²) in [6.07, 6.45) is 2.06. The second kappa shape index (κ2) is 10.7. The number of hydrogen-bond donors (Lipinski definition) is 0. The topological polar surface area (TPSA) is 0 Å². The first-order valence-electron chi connectivity index (χ1n) is 3.21. The molecule has 0 aliphatic heterocycles. The molecule has 0 saturated carbocycles. The summed E-state index contributed by atoms with van der Waals surface area (Å²) in [5.41, 5.74) is 0. The van der Waals surface area contributed by atoms with E-state index < -0.39 is 0 Å². The molecule has 0 aliphatic rings. The molecular formula is C8H16S. The van der Waals surface area contributed by atoms with Gasteiger partial charge in [0.1, 0.15) is 0 Å². The molecule has 0 N–H and O–H groups in total. The Balaban J connectivity index is 0. The van der Waals surface area contributed by atoms with Gasteiger partial charge < -0.3 is 0 Å². The van der Waals surface area contributed by atoms with E-state index in [1.807, 2.05) is 26.2 Å². The summed E-state index contributed by atoms with van der Waals surface area (Å²) in [7, 11) is 0. The summed E-state index contributed by atoms with van der Waals surface area (Å²) < 4.78 is 0. The number of thioether (sulfide) groups is 1. The van der Waals surface area contributed by atoms with E-state index in [2.05, 4.69) is 19.6 Å². The van der Waals surface area contributed by atoms with Crippen molar-refractivity contribution in [2.75, 3.05) is 0 Å². The molecule has 0 radical (unpaired) electrons. The van der Waals surface area contributed by atoms with Gasteiger partial charge in [0.2, 0.25) is 0 Å². The Morgan fingerprint density at radius 1 is 1.44 bits per heavy atom. The summed E-state index contributed by atoms with van der Waals surface area (Å²) in [5.74, 6) is 0. The Morgan fingerprint density at radius 2 is 1.89 bits per heavy atom. The average molecular weight is 144 g/mol. The van der Waals surface area contributed by atoms with Crippen molar-refractivity contribution in [3.8, 4) is 0 Å². The summed E-state index contributed by atoms with van der Waals surface area (Å²) in [6, 6.07) is 0. The van der Waals surface area contributed by atoms with Gasteiger partial charge in [0.15, 0.2) is 0 Å². The Labute approximate surface area is 63.0 Å². The zero-order chi connectivity index (χ0) is 7.70. The van der Waals surface area contributed by atoms with E-state index in [1.54, 1.807) is 11.8 Å². The SMILES string of the molecule is C=CS/C(C)=C\C.CC. The van der Waals surface area contributed by atoms with Crippen molar-refractivity contribution in [1.82, 2.24) is 0 Å². The summed E-state index contributed by atoms with van der Waals surface area (Å²) in [5, 5.41) is 1.83. The number of hydrogen-bond acceptors (Lipinski definition) is 1. The van der Waals surface area contributed by atoms with Gasteiger partial charge in [0, 0.05) is 0 Å². The predicted molar refractivity (Wildman–Crippen MR) is 48.6 cm³/mol. The minimum atomic E-state index is 1.30. The minimum Gasteiger partial charge on any atom is -0.104 e. The molecule has 0 fully saturated rings. The molecule has 0 amide bonds. The molecule has 0 aliphatic carbocycles. The number of rotatable bonds is 2. The highest BCUT2D eigenvalue weighted by Crippen LogP contribution is 2.13. The lowest BCUT2D eigenvalue weighted by atomic mass is 10.6. The normalized spacial score (nSPS) is 9.56. The molecule has 0 rings (SSSR count). The van der Waals surface area contributed by atoms with Crippen LogP contribution in [0.5, 0.6) is 0 Å². The molecule has 54 valence electrons. The monoisotopic (exact) mass is 144 g/mol. The van der Waals surface area contributed by atoms with Crippen LogP contribution in [0.2, 0.25) is 0 Å². The van der Waals surface area contributed by atoms with E-state index >= 15 is 0 Å². The molecule has 0 saturated heterocycles. The number of allylic oxidation sites excluding steroid dienone is 2. The molecule has 0 unspecified atom stereocenters. The van der Waals surface area contributed by atoms with Crippen LogP contribution >= 0.6 is 11.8 Å². The van der Waals surface area contributed by atoms with E-state index in [0.717, 1.165) is 0 Å². The van der Waals surface area contributed by atoms with Gasteiger partial charge in [-0.1, -0.05) is 26.5 Å². The van der Waals surface area contributed by atoms with Gasteiger partial charge in [-0.3, -0.25) is 0 Å². The first-order chi connectivity index (χ1) is 4.31. The fourth-order valence-electron chi connectivity index (χ4n) is 0.199. The minimum absolute atomic E-state index is 1.30. The first kappa shape index (κ1) is 11.6. The molecular weight excluding hydrogens is 128 g/mol. The van der Waals surface area contributed by atoms with Crippen molar-refractivity contribution in [3.05, 3.63) is 23.0 Å². The van der Waals surface area contributed by atoms with Gasteiger partial charge in [-0.15, -0.1) is 11.8 Å². The lowest BCUT2D eigenvalue weighted by Gasteiger charge is -1.86. The third-order valence-electron chi connectivity index (χ3n) is 0.676. The van der Waals surface area contributed by atoms with Gasteiger partial charge in [0.05, 0.1) is 0 Å². The molecule has 0 aromatic carbocycles. The smallest absolute Gasteiger partial charge is 0.0182 e. The highest BCUT2D eigenvalue weighted by atomic mass is 32.2. The van der Waals surface area contributed by atoms with Gasteiger partial charge >= 0.3 is 0 Å². The van der Waals surface area contributed by atoms with Gasteiger partial charge in [-0.2, -0.15) is 0 Å². The standard InChI is InChI=1S/C6H10S.C2H6/c1-4-6(3)7-5-2;1-2/h4-5H,2H2,1,3H3;1-2H3/b6-4-;. The van der Waals surface area contributed by atoms with Crippen molar-refractivity contribution in [3.63, 3.8) is 0 Å². The third-order valence-corrected chi connectivity index (χ3v) is 1.45. The van der Waals surface area contributed by atoms with Crippen molar-refractivity contribution in [2.45, 2.75) is 27.7 Å². The summed E-state index contributed by atoms with van der Waals surface area (Å²) in [4.78, 5) is 1.30. The van der Waals surface area contributed by atoms with Crippen LogP contribution in [0.25, 0.3) is 0 Å². The van der Waals surface area contributed by atoms with Crippen LogP contribution in [0.1, 0.15) is 27.7 Å². The Bertz CT molecular complexity index is 82.6. The molecule has 9 heavy (non-hydrogen) atoms. The average Bonchev–Trinajstić information content (AvgIpc) is 1.93. The van der Waals surface area contributed by atoms with Gasteiger partial charge in [0.25, 0.3) is 0 Å². The van der Waals surface area contributed by atoms with E-state index in [9.17, 15) is 0 Å². The van der Waals surface area contributed by atoms with Crippen LogP contribution in [0.4, 0.5) is 0 Å². The molecule has 0 nitrogen and oxygen atoms in total. The van der Waals surface area contributed by atoms with Crippen LogP contribution in [0, 0.1) is 0 Å². The Morgan fingerprint density at radius 3 is 2.00 bits per heavy atom. The first-order valence-corrected chi connectivity index (χ1v) is 4.09. The second-order valence-electron chi connectivity index (χ2n) is 1.18. The molecule has 1 heteroatoms.